The van der Waals surface area contributed by atoms with Crippen molar-refractivity contribution in [3.8, 4) is 17.0 Å². The summed E-state index contributed by atoms with van der Waals surface area (Å²) in [5.74, 6) is 0.996. The zero-order valence-corrected chi connectivity index (χ0v) is 14.4. The zero-order valence-electron chi connectivity index (χ0n) is 14.4. The molecule has 0 bridgehead atoms. The van der Waals surface area contributed by atoms with Crippen LogP contribution in [0.4, 0.5) is 0 Å². The van der Waals surface area contributed by atoms with E-state index in [9.17, 15) is 9.90 Å². The van der Waals surface area contributed by atoms with Crippen LogP contribution in [0.3, 0.4) is 0 Å². The molecule has 5 heteroatoms. The molecular weight excluding hydrogens is 316 g/mol. The second-order valence-corrected chi connectivity index (χ2v) is 6.50. The van der Waals surface area contributed by atoms with Crippen molar-refractivity contribution in [2.24, 2.45) is 5.92 Å². The molecule has 2 N–H and O–H groups in total. The van der Waals surface area contributed by atoms with Gasteiger partial charge >= 0.3 is 0 Å². The summed E-state index contributed by atoms with van der Waals surface area (Å²) >= 11 is 0. The SMILES string of the molecule is COc1ccc(C(=O)NC2CCC(CO)CC2)cc1-c1ccccn1. The van der Waals surface area contributed by atoms with Crippen molar-refractivity contribution in [3.05, 3.63) is 48.2 Å². The predicted molar refractivity (Wildman–Crippen MR) is 96.5 cm³/mol. The number of benzene rings is 1. The molecule has 1 aliphatic rings. The fourth-order valence-corrected chi connectivity index (χ4v) is 3.33. The number of aromatic nitrogens is 1. The van der Waals surface area contributed by atoms with Gasteiger partial charge in [-0.25, -0.2) is 0 Å². The average Bonchev–Trinajstić information content (AvgIpc) is 2.68. The Morgan fingerprint density at radius 3 is 2.68 bits per heavy atom. The molecule has 0 spiro atoms. The van der Waals surface area contributed by atoms with E-state index in [1.54, 1.807) is 19.4 Å². The molecule has 1 amide bonds. The molecule has 1 aliphatic carbocycles. The molecule has 1 heterocycles. The molecule has 2 aromatic rings. The molecule has 25 heavy (non-hydrogen) atoms. The summed E-state index contributed by atoms with van der Waals surface area (Å²) in [7, 11) is 1.61. The van der Waals surface area contributed by atoms with E-state index in [4.69, 9.17) is 4.74 Å². The molecule has 1 aromatic heterocycles. The molecule has 132 valence electrons. The van der Waals surface area contributed by atoms with E-state index in [0.717, 1.165) is 36.9 Å². The Hall–Kier alpha value is -2.40. The third-order valence-corrected chi connectivity index (χ3v) is 4.84. The number of pyridine rings is 1. The minimum atomic E-state index is -0.0766. The van der Waals surface area contributed by atoms with Crippen molar-refractivity contribution in [1.29, 1.82) is 0 Å². The van der Waals surface area contributed by atoms with Crippen LogP contribution in [-0.2, 0) is 0 Å². The molecular formula is C20H24N2O3. The second-order valence-electron chi connectivity index (χ2n) is 6.50. The summed E-state index contributed by atoms with van der Waals surface area (Å²) in [4.78, 5) is 17.0. The van der Waals surface area contributed by atoms with Gasteiger partial charge in [0.1, 0.15) is 5.75 Å². The number of hydrogen-bond donors (Lipinski definition) is 2. The molecule has 3 rings (SSSR count). The number of nitrogens with one attached hydrogen (secondary N) is 1. The quantitative estimate of drug-likeness (QED) is 0.878. The van der Waals surface area contributed by atoms with Gasteiger partial charge in [0.15, 0.2) is 0 Å². The van der Waals surface area contributed by atoms with Gasteiger partial charge in [-0.3, -0.25) is 9.78 Å². The number of ether oxygens (including phenoxy) is 1. The van der Waals surface area contributed by atoms with Crippen LogP contribution in [0.2, 0.25) is 0 Å². The van der Waals surface area contributed by atoms with Gasteiger partial charge in [0.2, 0.25) is 0 Å². The molecule has 1 fully saturated rings. The first-order chi connectivity index (χ1) is 12.2. The standard InChI is InChI=1S/C20H24N2O3/c1-25-19-10-7-15(12-17(19)18-4-2-3-11-21-18)20(24)22-16-8-5-14(13-23)6-9-16/h2-4,7,10-12,14,16,23H,5-6,8-9,13H2,1H3,(H,22,24). The molecule has 0 aliphatic heterocycles. The molecule has 1 aromatic carbocycles. The molecule has 0 unspecified atom stereocenters. The Balaban J connectivity index is 1.75. The highest BCUT2D eigenvalue weighted by Gasteiger charge is 2.22. The maximum Gasteiger partial charge on any atom is 0.251 e. The van der Waals surface area contributed by atoms with Crippen LogP contribution in [0, 0.1) is 5.92 Å². The lowest BCUT2D eigenvalue weighted by molar-refractivity contribution is 0.0914. The first-order valence-electron chi connectivity index (χ1n) is 8.72. The van der Waals surface area contributed by atoms with Crippen molar-refractivity contribution in [2.75, 3.05) is 13.7 Å². The summed E-state index contributed by atoms with van der Waals surface area (Å²) in [5, 5.41) is 12.3. The Kier molecular flexibility index (Phi) is 5.66. The smallest absolute Gasteiger partial charge is 0.251 e. The van der Waals surface area contributed by atoms with Crippen molar-refractivity contribution >= 4 is 5.91 Å². The predicted octanol–water partition coefficient (Wildman–Crippen LogP) is 3.04. The van der Waals surface area contributed by atoms with Gasteiger partial charge in [-0.2, -0.15) is 0 Å². The normalized spacial score (nSPS) is 20.1. The van der Waals surface area contributed by atoms with Crippen molar-refractivity contribution in [2.45, 2.75) is 31.7 Å². The minimum absolute atomic E-state index is 0.0766. The Bertz CT molecular complexity index is 710. The van der Waals surface area contributed by atoms with Gasteiger partial charge in [-0.15, -0.1) is 0 Å². The number of carbonyl (C=O) groups is 1. The van der Waals surface area contributed by atoms with Crippen LogP contribution >= 0.6 is 0 Å². The van der Waals surface area contributed by atoms with Crippen LogP contribution in [0.1, 0.15) is 36.0 Å². The maximum absolute atomic E-state index is 12.6. The number of hydrogen-bond acceptors (Lipinski definition) is 4. The lowest BCUT2D eigenvalue weighted by atomic mass is 9.86. The van der Waals surface area contributed by atoms with Crippen molar-refractivity contribution < 1.29 is 14.6 Å². The van der Waals surface area contributed by atoms with E-state index in [-0.39, 0.29) is 18.6 Å². The van der Waals surface area contributed by atoms with E-state index in [0.29, 0.717) is 17.2 Å². The first kappa shape index (κ1) is 17.4. The summed E-state index contributed by atoms with van der Waals surface area (Å²) in [6, 6.07) is 11.3. The van der Waals surface area contributed by atoms with Gasteiger partial charge in [0, 0.05) is 30.0 Å². The molecule has 0 saturated heterocycles. The van der Waals surface area contributed by atoms with Crippen LogP contribution in [0.5, 0.6) is 5.75 Å². The largest absolute Gasteiger partial charge is 0.496 e. The van der Waals surface area contributed by atoms with E-state index >= 15 is 0 Å². The van der Waals surface area contributed by atoms with Crippen molar-refractivity contribution in [1.82, 2.24) is 10.3 Å². The number of aliphatic hydroxyl groups excluding tert-OH is 1. The second kappa shape index (κ2) is 8.12. The summed E-state index contributed by atoms with van der Waals surface area (Å²) in [5.41, 5.74) is 2.18. The van der Waals surface area contributed by atoms with E-state index in [1.165, 1.54) is 0 Å². The van der Waals surface area contributed by atoms with Crippen molar-refractivity contribution in [3.63, 3.8) is 0 Å². The maximum atomic E-state index is 12.6. The van der Waals surface area contributed by atoms with Gasteiger partial charge in [0.25, 0.3) is 5.91 Å². The van der Waals surface area contributed by atoms with Gasteiger partial charge in [-0.1, -0.05) is 6.07 Å². The van der Waals surface area contributed by atoms with Gasteiger partial charge < -0.3 is 15.2 Å². The molecule has 5 nitrogen and oxygen atoms in total. The Labute approximate surface area is 148 Å². The monoisotopic (exact) mass is 340 g/mol. The molecule has 1 saturated carbocycles. The van der Waals surface area contributed by atoms with Gasteiger partial charge in [0.05, 0.1) is 12.8 Å². The molecule has 0 radical (unpaired) electrons. The third-order valence-electron chi connectivity index (χ3n) is 4.84. The highest BCUT2D eigenvalue weighted by atomic mass is 16.5. The van der Waals surface area contributed by atoms with Crippen LogP contribution < -0.4 is 10.1 Å². The fourth-order valence-electron chi connectivity index (χ4n) is 3.33. The van der Waals surface area contributed by atoms with E-state index < -0.39 is 0 Å². The number of aliphatic hydroxyl groups is 1. The summed E-state index contributed by atoms with van der Waals surface area (Å²) < 4.78 is 5.41. The summed E-state index contributed by atoms with van der Waals surface area (Å²) in [6.07, 6.45) is 5.48. The van der Waals surface area contributed by atoms with E-state index in [2.05, 4.69) is 10.3 Å². The summed E-state index contributed by atoms with van der Waals surface area (Å²) in [6.45, 7) is 0.243. The van der Waals surface area contributed by atoms with Crippen LogP contribution in [0.25, 0.3) is 11.3 Å². The number of methoxy groups -OCH3 is 1. The lowest BCUT2D eigenvalue weighted by Gasteiger charge is -2.28. The Morgan fingerprint density at radius 1 is 1.24 bits per heavy atom. The number of nitrogens with zero attached hydrogens (tertiary/aromatic N) is 1. The number of amides is 1. The first-order valence-corrected chi connectivity index (χ1v) is 8.72. The highest BCUT2D eigenvalue weighted by Crippen LogP contribution is 2.30. The third kappa shape index (κ3) is 4.17. The average molecular weight is 340 g/mol. The van der Waals surface area contributed by atoms with E-state index in [1.807, 2.05) is 30.3 Å². The molecule has 0 atom stereocenters. The van der Waals surface area contributed by atoms with Crippen LogP contribution in [0.15, 0.2) is 42.6 Å². The van der Waals surface area contributed by atoms with Gasteiger partial charge in [-0.05, 0) is 61.9 Å². The minimum Gasteiger partial charge on any atom is -0.496 e. The highest BCUT2D eigenvalue weighted by molar-refractivity contribution is 5.96. The number of carbonyl (C=O) groups excluding carboxylic acids is 1. The zero-order chi connectivity index (χ0) is 17.6. The fraction of sp³-hybridized carbons (Fsp3) is 0.400. The topological polar surface area (TPSA) is 71.5 Å². The Morgan fingerprint density at radius 2 is 2.04 bits per heavy atom. The lowest BCUT2D eigenvalue weighted by Crippen LogP contribution is -2.38. The van der Waals surface area contributed by atoms with Crippen LogP contribution in [-0.4, -0.2) is 35.8 Å². The number of rotatable bonds is 5.